The lowest BCUT2D eigenvalue weighted by Gasteiger charge is -2.36. The molecule has 1 saturated heterocycles. The highest BCUT2D eigenvalue weighted by Crippen LogP contribution is 2.14. The minimum Gasteiger partial charge on any atom is -0.392 e. The Balaban J connectivity index is 1.96. The van der Waals surface area contributed by atoms with E-state index in [2.05, 4.69) is 19.8 Å². The summed E-state index contributed by atoms with van der Waals surface area (Å²) < 4.78 is 0. The zero-order valence-electron chi connectivity index (χ0n) is 11.4. The maximum Gasteiger partial charge on any atom is 0.132 e. The van der Waals surface area contributed by atoms with Crippen molar-refractivity contribution in [3.8, 4) is 0 Å². The molecule has 0 aromatic carbocycles. The molecule has 18 heavy (non-hydrogen) atoms. The average Bonchev–Trinajstić information content (AvgIpc) is 2.27. The Hall–Kier alpha value is -1.20. The van der Waals surface area contributed by atoms with Gasteiger partial charge in [0.2, 0.25) is 0 Å². The number of hydrogen-bond acceptors (Lipinski definition) is 5. The van der Waals surface area contributed by atoms with E-state index in [-0.39, 0.29) is 6.10 Å². The molecule has 100 valence electrons. The molecule has 0 unspecified atom stereocenters. The standard InChI is InChI=1S/C13H22N4O/c1-10-8-13(15-12(3)14-10)17-6-4-16(5-7-17)9-11(2)18/h8,11,18H,4-7,9H2,1-3H3/t11-/m1/s1. The first-order valence-corrected chi connectivity index (χ1v) is 6.52. The van der Waals surface area contributed by atoms with Crippen molar-refractivity contribution < 1.29 is 5.11 Å². The van der Waals surface area contributed by atoms with Crippen molar-refractivity contribution in [2.24, 2.45) is 0 Å². The summed E-state index contributed by atoms with van der Waals surface area (Å²) in [5.41, 5.74) is 1.02. The van der Waals surface area contributed by atoms with Gasteiger partial charge < -0.3 is 10.0 Å². The van der Waals surface area contributed by atoms with E-state index in [9.17, 15) is 5.11 Å². The molecule has 1 fully saturated rings. The summed E-state index contributed by atoms with van der Waals surface area (Å²) in [5.74, 6) is 1.85. The predicted molar refractivity (Wildman–Crippen MR) is 71.8 cm³/mol. The number of aryl methyl sites for hydroxylation is 2. The molecule has 5 nitrogen and oxygen atoms in total. The fourth-order valence-electron chi connectivity index (χ4n) is 2.39. The minimum atomic E-state index is -0.250. The first-order valence-electron chi connectivity index (χ1n) is 6.52. The van der Waals surface area contributed by atoms with Crippen molar-refractivity contribution in [2.75, 3.05) is 37.6 Å². The molecule has 2 rings (SSSR count). The third-order valence-electron chi connectivity index (χ3n) is 3.17. The van der Waals surface area contributed by atoms with Crippen LogP contribution in [-0.4, -0.2) is 58.8 Å². The van der Waals surface area contributed by atoms with E-state index in [0.29, 0.717) is 0 Å². The monoisotopic (exact) mass is 250 g/mol. The summed E-state index contributed by atoms with van der Waals surface area (Å²) in [6.45, 7) is 10.4. The summed E-state index contributed by atoms with van der Waals surface area (Å²) in [6, 6.07) is 2.04. The van der Waals surface area contributed by atoms with Gasteiger partial charge in [0.25, 0.3) is 0 Å². The summed E-state index contributed by atoms with van der Waals surface area (Å²) in [7, 11) is 0. The first kappa shape index (κ1) is 13.2. The highest BCUT2D eigenvalue weighted by Gasteiger charge is 2.19. The van der Waals surface area contributed by atoms with E-state index in [1.165, 1.54) is 0 Å². The number of rotatable bonds is 3. The Morgan fingerprint density at radius 2 is 1.89 bits per heavy atom. The van der Waals surface area contributed by atoms with Crippen molar-refractivity contribution >= 4 is 5.82 Å². The number of hydrogen-bond donors (Lipinski definition) is 1. The maximum atomic E-state index is 9.38. The fraction of sp³-hybridized carbons (Fsp3) is 0.692. The van der Waals surface area contributed by atoms with Gasteiger partial charge in [0.1, 0.15) is 11.6 Å². The van der Waals surface area contributed by atoms with Gasteiger partial charge >= 0.3 is 0 Å². The van der Waals surface area contributed by atoms with Gasteiger partial charge in [0, 0.05) is 44.5 Å². The molecular formula is C13H22N4O. The molecule has 1 N–H and O–H groups in total. The van der Waals surface area contributed by atoms with Crippen LogP contribution in [0.3, 0.4) is 0 Å². The van der Waals surface area contributed by atoms with E-state index >= 15 is 0 Å². The van der Waals surface area contributed by atoms with Gasteiger partial charge in [0.05, 0.1) is 6.10 Å². The van der Waals surface area contributed by atoms with Gasteiger partial charge in [-0.2, -0.15) is 0 Å². The van der Waals surface area contributed by atoms with Crippen LogP contribution in [-0.2, 0) is 0 Å². The minimum absolute atomic E-state index is 0.250. The molecule has 1 aliphatic rings. The Morgan fingerprint density at radius 1 is 1.22 bits per heavy atom. The normalized spacial score (nSPS) is 19.0. The van der Waals surface area contributed by atoms with Crippen LogP contribution in [0.15, 0.2) is 6.07 Å². The number of aliphatic hydroxyl groups excluding tert-OH is 1. The van der Waals surface area contributed by atoms with E-state index in [0.717, 1.165) is 50.1 Å². The lowest BCUT2D eigenvalue weighted by Crippen LogP contribution is -2.48. The molecule has 0 spiro atoms. The van der Waals surface area contributed by atoms with Crippen LogP contribution in [0.1, 0.15) is 18.4 Å². The number of anilines is 1. The molecule has 1 aromatic rings. The Kier molecular flexibility index (Phi) is 4.14. The van der Waals surface area contributed by atoms with Crippen molar-refractivity contribution in [3.63, 3.8) is 0 Å². The Labute approximate surface area is 108 Å². The van der Waals surface area contributed by atoms with Gasteiger partial charge in [-0.1, -0.05) is 0 Å². The van der Waals surface area contributed by atoms with Gasteiger partial charge in [-0.3, -0.25) is 4.90 Å². The number of aromatic nitrogens is 2. The van der Waals surface area contributed by atoms with Crippen molar-refractivity contribution in [1.29, 1.82) is 0 Å². The molecular weight excluding hydrogens is 228 g/mol. The summed E-state index contributed by atoms with van der Waals surface area (Å²) in [6.07, 6.45) is -0.250. The molecule has 1 aromatic heterocycles. The summed E-state index contributed by atoms with van der Waals surface area (Å²) in [4.78, 5) is 13.4. The molecule has 1 aliphatic heterocycles. The second-order valence-electron chi connectivity index (χ2n) is 5.05. The van der Waals surface area contributed by atoms with E-state index in [1.54, 1.807) is 0 Å². The smallest absolute Gasteiger partial charge is 0.132 e. The maximum absolute atomic E-state index is 9.38. The van der Waals surface area contributed by atoms with Crippen LogP contribution in [0, 0.1) is 13.8 Å². The van der Waals surface area contributed by atoms with E-state index < -0.39 is 0 Å². The van der Waals surface area contributed by atoms with Crippen LogP contribution < -0.4 is 4.90 Å². The highest BCUT2D eigenvalue weighted by atomic mass is 16.3. The van der Waals surface area contributed by atoms with Gasteiger partial charge in [-0.15, -0.1) is 0 Å². The lowest BCUT2D eigenvalue weighted by molar-refractivity contribution is 0.122. The predicted octanol–water partition coefficient (Wildman–Crippen LogP) is 0.596. The van der Waals surface area contributed by atoms with Crippen LogP contribution in [0.5, 0.6) is 0 Å². The van der Waals surface area contributed by atoms with Crippen molar-refractivity contribution in [1.82, 2.24) is 14.9 Å². The molecule has 5 heteroatoms. The Morgan fingerprint density at radius 3 is 2.44 bits per heavy atom. The topological polar surface area (TPSA) is 52.5 Å². The summed E-state index contributed by atoms with van der Waals surface area (Å²) in [5, 5.41) is 9.38. The molecule has 0 bridgehead atoms. The second-order valence-corrected chi connectivity index (χ2v) is 5.05. The highest BCUT2D eigenvalue weighted by molar-refractivity contribution is 5.40. The number of aliphatic hydroxyl groups is 1. The molecule has 1 atom stereocenters. The molecule has 0 saturated carbocycles. The third kappa shape index (κ3) is 3.40. The molecule has 2 heterocycles. The van der Waals surface area contributed by atoms with Gasteiger partial charge in [-0.25, -0.2) is 9.97 Å². The second kappa shape index (κ2) is 5.63. The number of piperazine rings is 1. The van der Waals surface area contributed by atoms with Crippen molar-refractivity contribution in [3.05, 3.63) is 17.6 Å². The number of nitrogens with zero attached hydrogens (tertiary/aromatic N) is 4. The lowest BCUT2D eigenvalue weighted by atomic mass is 10.2. The van der Waals surface area contributed by atoms with Crippen LogP contribution in [0.4, 0.5) is 5.82 Å². The molecule has 0 radical (unpaired) electrons. The first-order chi connectivity index (χ1) is 8.54. The number of β-amino-alcohol motifs (C(OH)–C–C–N with tert-alkyl or cyclic N) is 1. The third-order valence-corrected chi connectivity index (χ3v) is 3.17. The average molecular weight is 250 g/mol. The molecule has 0 aliphatic carbocycles. The van der Waals surface area contributed by atoms with Crippen LogP contribution in [0.25, 0.3) is 0 Å². The van der Waals surface area contributed by atoms with Crippen molar-refractivity contribution in [2.45, 2.75) is 26.9 Å². The zero-order chi connectivity index (χ0) is 13.1. The van der Waals surface area contributed by atoms with Gasteiger partial charge in [-0.05, 0) is 20.8 Å². The SMILES string of the molecule is Cc1cc(N2CCN(C[C@@H](C)O)CC2)nc(C)n1. The van der Waals surface area contributed by atoms with E-state index in [4.69, 9.17) is 0 Å². The quantitative estimate of drug-likeness (QED) is 0.851. The summed E-state index contributed by atoms with van der Waals surface area (Å²) >= 11 is 0. The Bertz CT molecular complexity index is 380. The van der Waals surface area contributed by atoms with E-state index in [1.807, 2.05) is 26.8 Å². The fourth-order valence-corrected chi connectivity index (χ4v) is 2.39. The largest absolute Gasteiger partial charge is 0.392 e. The van der Waals surface area contributed by atoms with Crippen LogP contribution >= 0.6 is 0 Å². The van der Waals surface area contributed by atoms with Crippen LogP contribution in [0.2, 0.25) is 0 Å². The van der Waals surface area contributed by atoms with Gasteiger partial charge in [0.15, 0.2) is 0 Å². The zero-order valence-corrected chi connectivity index (χ0v) is 11.4. The molecule has 0 amide bonds.